The van der Waals surface area contributed by atoms with Crippen molar-refractivity contribution in [3.05, 3.63) is 71.5 Å². The molecule has 4 rings (SSSR count). The van der Waals surface area contributed by atoms with E-state index < -0.39 is 15.8 Å². The molecule has 8 nitrogen and oxygen atoms in total. The van der Waals surface area contributed by atoms with E-state index in [2.05, 4.69) is 10.3 Å². The SMILES string of the molecule is CCN(CC)S(=O)(=O)c1ccc2c(c1)nc(SCC(=O)Nc1ccc(F)cc1Cl)n2-c1ccccc1OC. The third-order valence-corrected chi connectivity index (χ3v) is 9.10. The van der Waals surface area contributed by atoms with Crippen molar-refractivity contribution >= 4 is 56.0 Å². The van der Waals surface area contributed by atoms with Gasteiger partial charge < -0.3 is 10.1 Å². The smallest absolute Gasteiger partial charge is 0.243 e. The summed E-state index contributed by atoms with van der Waals surface area (Å²) in [4.78, 5) is 17.5. The Labute approximate surface area is 229 Å². The average molecular weight is 577 g/mol. The minimum Gasteiger partial charge on any atom is -0.495 e. The van der Waals surface area contributed by atoms with Gasteiger partial charge in [-0.2, -0.15) is 4.31 Å². The standard InChI is InChI=1S/C26H26ClFN4O4S2/c1-4-31(5-2)38(34,35)18-11-13-22-21(15-18)30-26(32(22)23-8-6-7-9-24(23)36-3)37-16-25(33)29-20-12-10-17(28)14-19(20)27/h6-15H,4-5,16H2,1-3H3,(H,29,33). The fourth-order valence-electron chi connectivity index (χ4n) is 3.96. The van der Waals surface area contributed by atoms with Gasteiger partial charge in [-0.15, -0.1) is 0 Å². The molecular weight excluding hydrogens is 551 g/mol. The van der Waals surface area contributed by atoms with Crippen LogP contribution in [0.3, 0.4) is 0 Å². The van der Waals surface area contributed by atoms with Crippen LogP contribution in [0.1, 0.15) is 13.8 Å². The fourth-order valence-corrected chi connectivity index (χ4v) is 6.48. The number of nitrogens with one attached hydrogen (secondary N) is 1. The number of sulfonamides is 1. The van der Waals surface area contributed by atoms with Crippen LogP contribution >= 0.6 is 23.4 Å². The monoisotopic (exact) mass is 576 g/mol. The quantitative estimate of drug-likeness (QED) is 0.247. The van der Waals surface area contributed by atoms with Gasteiger partial charge in [0.15, 0.2) is 5.16 Å². The lowest BCUT2D eigenvalue weighted by molar-refractivity contribution is -0.113. The number of rotatable bonds is 10. The number of para-hydroxylation sites is 2. The third kappa shape index (κ3) is 5.65. The van der Waals surface area contributed by atoms with Crippen molar-refractivity contribution < 1.29 is 22.3 Å². The van der Waals surface area contributed by atoms with Gasteiger partial charge in [0.2, 0.25) is 15.9 Å². The van der Waals surface area contributed by atoms with Crippen molar-refractivity contribution in [1.29, 1.82) is 0 Å². The van der Waals surface area contributed by atoms with Crippen LogP contribution < -0.4 is 10.1 Å². The Morgan fingerprint density at radius 1 is 1.13 bits per heavy atom. The molecule has 0 saturated carbocycles. The van der Waals surface area contributed by atoms with Crippen molar-refractivity contribution in [3.8, 4) is 11.4 Å². The van der Waals surface area contributed by atoms with Crippen molar-refractivity contribution in [2.24, 2.45) is 0 Å². The summed E-state index contributed by atoms with van der Waals surface area (Å²) in [7, 11) is -2.14. The maximum absolute atomic E-state index is 13.3. The summed E-state index contributed by atoms with van der Waals surface area (Å²) < 4.78 is 48.3. The average Bonchev–Trinajstić information content (AvgIpc) is 3.27. The molecule has 0 radical (unpaired) electrons. The molecule has 0 fully saturated rings. The van der Waals surface area contributed by atoms with Crippen LogP contribution in [-0.4, -0.2) is 54.1 Å². The zero-order valence-corrected chi connectivity index (χ0v) is 23.3. The molecule has 0 unspecified atom stereocenters. The molecule has 0 bridgehead atoms. The Balaban J connectivity index is 1.73. The number of thioether (sulfide) groups is 1. The topological polar surface area (TPSA) is 93.5 Å². The Morgan fingerprint density at radius 3 is 2.55 bits per heavy atom. The molecule has 0 aliphatic heterocycles. The van der Waals surface area contributed by atoms with E-state index >= 15 is 0 Å². The molecule has 0 aliphatic rings. The number of anilines is 1. The number of halogens is 2. The van der Waals surface area contributed by atoms with E-state index in [1.165, 1.54) is 22.5 Å². The number of ether oxygens (including phenoxy) is 1. The summed E-state index contributed by atoms with van der Waals surface area (Å²) in [5.41, 5.74) is 2.08. The van der Waals surface area contributed by atoms with Gasteiger partial charge in [-0.25, -0.2) is 17.8 Å². The number of aromatic nitrogens is 2. The predicted molar refractivity (Wildman–Crippen MR) is 148 cm³/mol. The van der Waals surface area contributed by atoms with E-state index in [1.54, 1.807) is 39.2 Å². The van der Waals surface area contributed by atoms with E-state index in [4.69, 9.17) is 16.3 Å². The first kappa shape index (κ1) is 27.9. The Morgan fingerprint density at radius 2 is 1.87 bits per heavy atom. The molecule has 0 aliphatic carbocycles. The second kappa shape index (κ2) is 11.7. The van der Waals surface area contributed by atoms with Gasteiger partial charge in [-0.3, -0.25) is 9.36 Å². The van der Waals surface area contributed by atoms with Gasteiger partial charge >= 0.3 is 0 Å². The Kier molecular flexibility index (Phi) is 8.61. The molecular formula is C26H26ClFN4O4S2. The number of imidazole rings is 1. The zero-order chi connectivity index (χ0) is 27.4. The summed E-state index contributed by atoms with van der Waals surface area (Å²) >= 11 is 7.19. The largest absolute Gasteiger partial charge is 0.495 e. The van der Waals surface area contributed by atoms with Crippen LogP contribution in [0, 0.1) is 5.82 Å². The van der Waals surface area contributed by atoms with E-state index in [1.807, 2.05) is 22.8 Å². The number of nitrogens with zero attached hydrogens (tertiary/aromatic N) is 3. The summed E-state index contributed by atoms with van der Waals surface area (Å²) in [6.07, 6.45) is 0. The first-order valence-electron chi connectivity index (χ1n) is 11.7. The van der Waals surface area contributed by atoms with Gasteiger partial charge in [0, 0.05) is 13.1 Å². The Hall–Kier alpha value is -3.12. The second-order valence-corrected chi connectivity index (χ2v) is 11.4. The summed E-state index contributed by atoms with van der Waals surface area (Å²) in [5, 5.41) is 3.22. The van der Waals surface area contributed by atoms with Crippen LogP contribution in [0.2, 0.25) is 5.02 Å². The van der Waals surface area contributed by atoms with Crippen LogP contribution in [0.15, 0.2) is 70.7 Å². The Bertz CT molecular complexity index is 1590. The number of carbonyl (C=O) groups is 1. The highest BCUT2D eigenvalue weighted by Crippen LogP contribution is 2.34. The minimum atomic E-state index is -3.69. The van der Waals surface area contributed by atoms with E-state index in [-0.39, 0.29) is 21.6 Å². The van der Waals surface area contributed by atoms with Crippen LogP contribution in [0.25, 0.3) is 16.7 Å². The highest BCUT2D eigenvalue weighted by Gasteiger charge is 2.24. The first-order chi connectivity index (χ1) is 18.2. The molecule has 1 heterocycles. The normalized spacial score (nSPS) is 11.7. The lowest BCUT2D eigenvalue weighted by Gasteiger charge is -2.18. The van der Waals surface area contributed by atoms with Gasteiger partial charge in [-0.05, 0) is 48.5 Å². The molecule has 1 aromatic heterocycles. The number of methoxy groups -OCH3 is 1. The van der Waals surface area contributed by atoms with Crippen LogP contribution in [0.4, 0.5) is 10.1 Å². The summed E-state index contributed by atoms with van der Waals surface area (Å²) in [6, 6.07) is 15.9. The highest BCUT2D eigenvalue weighted by atomic mass is 35.5. The molecule has 200 valence electrons. The highest BCUT2D eigenvalue weighted by molar-refractivity contribution is 7.99. The molecule has 3 aromatic carbocycles. The molecule has 12 heteroatoms. The lowest BCUT2D eigenvalue weighted by Crippen LogP contribution is -2.30. The first-order valence-corrected chi connectivity index (χ1v) is 14.5. The molecule has 38 heavy (non-hydrogen) atoms. The number of hydrogen-bond donors (Lipinski definition) is 1. The summed E-state index contributed by atoms with van der Waals surface area (Å²) in [6.45, 7) is 4.27. The molecule has 4 aromatic rings. The van der Waals surface area contributed by atoms with Gasteiger partial charge in [-0.1, -0.05) is 49.3 Å². The molecule has 1 N–H and O–H groups in total. The van der Waals surface area contributed by atoms with Crippen LogP contribution in [-0.2, 0) is 14.8 Å². The molecule has 0 saturated heterocycles. The number of hydrogen-bond acceptors (Lipinski definition) is 6. The van der Waals surface area contributed by atoms with Crippen molar-refractivity contribution in [1.82, 2.24) is 13.9 Å². The maximum atomic E-state index is 13.3. The zero-order valence-electron chi connectivity index (χ0n) is 20.9. The fraction of sp³-hybridized carbons (Fsp3) is 0.231. The van der Waals surface area contributed by atoms with Gasteiger partial charge in [0.25, 0.3) is 0 Å². The maximum Gasteiger partial charge on any atom is 0.243 e. The number of carbonyl (C=O) groups excluding carboxylic acids is 1. The van der Waals surface area contributed by atoms with Crippen molar-refractivity contribution in [2.45, 2.75) is 23.9 Å². The van der Waals surface area contributed by atoms with Crippen LogP contribution in [0.5, 0.6) is 5.75 Å². The summed E-state index contributed by atoms with van der Waals surface area (Å²) in [5.74, 6) is -0.324. The second-order valence-electron chi connectivity index (χ2n) is 8.10. The van der Waals surface area contributed by atoms with E-state index in [0.717, 1.165) is 17.8 Å². The number of amides is 1. The lowest BCUT2D eigenvalue weighted by atomic mass is 10.2. The molecule has 0 atom stereocenters. The number of benzene rings is 3. The third-order valence-electron chi connectivity index (χ3n) is 5.80. The van der Waals surface area contributed by atoms with E-state index in [9.17, 15) is 17.6 Å². The van der Waals surface area contributed by atoms with Gasteiger partial charge in [0.05, 0.1) is 45.2 Å². The predicted octanol–water partition coefficient (Wildman–Crippen LogP) is 5.59. The molecule has 1 amide bonds. The molecule has 0 spiro atoms. The van der Waals surface area contributed by atoms with Gasteiger partial charge in [0.1, 0.15) is 11.6 Å². The number of fused-ring (bicyclic) bond motifs is 1. The van der Waals surface area contributed by atoms with Crippen molar-refractivity contribution in [2.75, 3.05) is 31.3 Å². The van der Waals surface area contributed by atoms with Crippen molar-refractivity contribution in [3.63, 3.8) is 0 Å². The van der Waals surface area contributed by atoms with E-state index in [0.29, 0.717) is 46.4 Å². The minimum absolute atomic E-state index is 0.0310.